The third-order valence-electron chi connectivity index (χ3n) is 11.8. The summed E-state index contributed by atoms with van der Waals surface area (Å²) >= 11 is 0. The lowest BCUT2D eigenvalue weighted by atomic mass is 9.87. The first-order valence-electron chi connectivity index (χ1n) is 22.9. The highest BCUT2D eigenvalue weighted by Crippen LogP contribution is 2.40. The minimum Gasteiger partial charge on any atom is -0.233 e. The number of aromatic nitrogens is 3. The maximum Gasteiger partial charge on any atom is 0.164 e. The Balaban J connectivity index is 1.16. The van der Waals surface area contributed by atoms with Gasteiger partial charge in [-0.25, -0.2) is 24.9 Å². The number of amidine groups is 1. The summed E-state index contributed by atoms with van der Waals surface area (Å²) in [7, 11) is 0. The molecule has 0 saturated heterocycles. The highest BCUT2D eigenvalue weighted by molar-refractivity contribution is 6.13. The molecule has 66 heavy (non-hydrogen) atoms. The summed E-state index contributed by atoms with van der Waals surface area (Å²) in [6.45, 7) is 6.07. The lowest BCUT2D eigenvalue weighted by Gasteiger charge is -2.17. The van der Waals surface area contributed by atoms with Gasteiger partial charge in [0.1, 0.15) is 0 Å². The average molecular weight is 854 g/mol. The van der Waals surface area contributed by atoms with Gasteiger partial charge in [0.05, 0.1) is 5.70 Å². The molecular formula is C61H51N5. The quantitative estimate of drug-likeness (QED) is 0.0740. The second-order valence-corrected chi connectivity index (χ2v) is 16.4. The van der Waals surface area contributed by atoms with Crippen LogP contribution >= 0.6 is 0 Å². The van der Waals surface area contributed by atoms with Crippen molar-refractivity contribution in [3.8, 4) is 68.0 Å². The van der Waals surface area contributed by atoms with E-state index in [2.05, 4.69) is 177 Å². The molecule has 0 radical (unpaired) electrons. The summed E-state index contributed by atoms with van der Waals surface area (Å²) < 4.78 is 0. The molecule has 320 valence electrons. The Morgan fingerprint density at radius 2 is 1.12 bits per heavy atom. The number of hydrogen-bond acceptors (Lipinski definition) is 4. The van der Waals surface area contributed by atoms with Crippen molar-refractivity contribution in [2.75, 3.05) is 0 Å². The van der Waals surface area contributed by atoms with Crippen molar-refractivity contribution >= 4 is 22.8 Å². The van der Waals surface area contributed by atoms with E-state index in [1.165, 1.54) is 12.0 Å². The topological polar surface area (TPSA) is 63.4 Å². The predicted octanol–water partition coefficient (Wildman–Crippen LogP) is 15.2. The second-order valence-electron chi connectivity index (χ2n) is 16.4. The van der Waals surface area contributed by atoms with E-state index in [1.54, 1.807) is 0 Å². The maximum atomic E-state index is 5.32. The van der Waals surface area contributed by atoms with Gasteiger partial charge < -0.3 is 0 Å². The smallest absolute Gasteiger partial charge is 0.164 e. The van der Waals surface area contributed by atoms with E-state index in [1.807, 2.05) is 49.4 Å². The molecule has 5 nitrogen and oxygen atoms in total. The molecule has 0 atom stereocenters. The van der Waals surface area contributed by atoms with Gasteiger partial charge in [-0.05, 0) is 120 Å². The van der Waals surface area contributed by atoms with Gasteiger partial charge in [-0.2, -0.15) is 0 Å². The lowest BCUT2D eigenvalue weighted by Crippen LogP contribution is -2.05. The van der Waals surface area contributed by atoms with Crippen molar-refractivity contribution in [1.29, 1.82) is 0 Å². The molecule has 0 fully saturated rings. The molecule has 0 N–H and O–H groups in total. The van der Waals surface area contributed by atoms with Crippen LogP contribution in [0.3, 0.4) is 0 Å². The van der Waals surface area contributed by atoms with Crippen molar-refractivity contribution in [3.05, 3.63) is 222 Å². The van der Waals surface area contributed by atoms with Gasteiger partial charge in [-0.3, -0.25) is 0 Å². The van der Waals surface area contributed by atoms with Gasteiger partial charge in [-0.15, -0.1) is 5.92 Å². The molecule has 1 aliphatic carbocycles. The zero-order valence-corrected chi connectivity index (χ0v) is 37.7. The lowest BCUT2D eigenvalue weighted by molar-refractivity contribution is 0.736. The van der Waals surface area contributed by atoms with Gasteiger partial charge in [0.25, 0.3) is 0 Å². The SMILES string of the molecule is CC#Cc1ccc(-c2cccc(-c3nc(C4=CCCCC4)nc(-c4ccccc4)n3)c2)c(-c2ccccc2-c2cccc(C(=N/C(=C/CC)c3ccccc3)/N=C(\C)c3ccccc3)c2)c1. The van der Waals surface area contributed by atoms with Crippen LogP contribution in [-0.2, 0) is 0 Å². The van der Waals surface area contributed by atoms with Crippen molar-refractivity contribution in [2.45, 2.75) is 52.9 Å². The minimum absolute atomic E-state index is 0.647. The Kier molecular flexibility index (Phi) is 13.5. The van der Waals surface area contributed by atoms with Gasteiger partial charge in [0.15, 0.2) is 23.3 Å². The number of nitrogens with zero attached hydrogens (tertiary/aromatic N) is 5. The Morgan fingerprint density at radius 1 is 0.530 bits per heavy atom. The average Bonchev–Trinajstić information content (AvgIpc) is 3.39. The normalized spacial score (nSPS) is 13.1. The van der Waals surface area contributed by atoms with E-state index in [4.69, 9.17) is 24.9 Å². The highest BCUT2D eigenvalue weighted by Gasteiger charge is 2.19. The predicted molar refractivity (Wildman–Crippen MR) is 276 cm³/mol. The van der Waals surface area contributed by atoms with Crippen LogP contribution in [0.25, 0.3) is 67.4 Å². The fourth-order valence-electron chi connectivity index (χ4n) is 8.47. The molecule has 0 amide bonds. The summed E-state index contributed by atoms with van der Waals surface area (Å²) in [6, 6.07) is 63.2. The van der Waals surface area contributed by atoms with Crippen LogP contribution in [0.4, 0.5) is 0 Å². The molecule has 9 rings (SSSR count). The summed E-state index contributed by atoms with van der Waals surface area (Å²) in [5.74, 6) is 9.20. The van der Waals surface area contributed by atoms with Crippen LogP contribution < -0.4 is 0 Å². The molecular weight excluding hydrogens is 803 g/mol. The Bertz CT molecular complexity index is 3190. The largest absolute Gasteiger partial charge is 0.233 e. The summed E-state index contributed by atoms with van der Waals surface area (Å²) in [4.78, 5) is 25.8. The Hall–Kier alpha value is -8.07. The highest BCUT2D eigenvalue weighted by atomic mass is 15.0. The molecule has 1 aromatic heterocycles. The van der Waals surface area contributed by atoms with E-state index in [0.29, 0.717) is 17.5 Å². The number of benzene rings is 7. The van der Waals surface area contributed by atoms with Crippen LogP contribution in [0.2, 0.25) is 0 Å². The number of aliphatic imine (C=N–C) groups is 2. The molecule has 0 spiro atoms. The van der Waals surface area contributed by atoms with E-state index in [9.17, 15) is 0 Å². The summed E-state index contributed by atoms with van der Waals surface area (Å²) in [5.41, 5.74) is 15.3. The fraction of sp³-hybridized carbons (Fsp3) is 0.131. The molecule has 0 aliphatic heterocycles. The zero-order chi connectivity index (χ0) is 45.1. The standard InChI is InChI=1S/C61H51N5/c1-4-22-44-38-39-54(50-33-21-35-52(42-50)61-65-58(47-28-14-8-15-29-47)64-59(66-61)48-30-16-9-17-31-48)56(40-44)55-37-19-18-36-53(55)49-32-20-34-51(41-49)60(62-43(3)45-24-10-6-11-25-45)63-57(23-5-2)46-26-12-7-13-27-46/h6-8,10-15,18-21,23-30,32-42H,5,9,16-17,31H2,1-3H3/b57-23+,62-43+,63-60-. The number of rotatable bonds is 11. The van der Waals surface area contributed by atoms with E-state index < -0.39 is 0 Å². The third kappa shape index (κ3) is 10.00. The van der Waals surface area contributed by atoms with Crippen LogP contribution in [0.15, 0.2) is 204 Å². The molecule has 7 aromatic carbocycles. The Morgan fingerprint density at radius 3 is 1.83 bits per heavy atom. The zero-order valence-electron chi connectivity index (χ0n) is 37.7. The minimum atomic E-state index is 0.647. The van der Waals surface area contributed by atoms with E-state index in [0.717, 1.165) is 110 Å². The van der Waals surface area contributed by atoms with Crippen LogP contribution in [-0.4, -0.2) is 26.5 Å². The van der Waals surface area contributed by atoms with Crippen LogP contribution in [0, 0.1) is 11.8 Å². The Labute approximate surface area is 389 Å². The first-order chi connectivity index (χ1) is 32.5. The van der Waals surface area contributed by atoms with E-state index in [-0.39, 0.29) is 0 Å². The van der Waals surface area contributed by atoms with E-state index >= 15 is 0 Å². The number of hydrogen-bond donors (Lipinski definition) is 0. The summed E-state index contributed by atoms with van der Waals surface area (Å²) in [5, 5.41) is 0. The third-order valence-corrected chi connectivity index (χ3v) is 11.8. The molecule has 0 saturated carbocycles. The van der Waals surface area contributed by atoms with Gasteiger partial charge in [-0.1, -0.05) is 183 Å². The molecule has 1 heterocycles. The van der Waals surface area contributed by atoms with Gasteiger partial charge in [0.2, 0.25) is 0 Å². The first-order valence-corrected chi connectivity index (χ1v) is 22.9. The summed E-state index contributed by atoms with van der Waals surface area (Å²) in [6.07, 6.45) is 9.65. The molecule has 0 unspecified atom stereocenters. The van der Waals surface area contributed by atoms with Gasteiger partial charge in [0, 0.05) is 28.0 Å². The second kappa shape index (κ2) is 20.6. The number of allylic oxidation sites excluding steroid dienone is 3. The molecule has 5 heteroatoms. The van der Waals surface area contributed by atoms with Crippen LogP contribution in [0.1, 0.15) is 81.0 Å². The maximum absolute atomic E-state index is 5.32. The van der Waals surface area contributed by atoms with Crippen molar-refractivity contribution in [1.82, 2.24) is 15.0 Å². The van der Waals surface area contributed by atoms with Crippen molar-refractivity contribution < 1.29 is 0 Å². The van der Waals surface area contributed by atoms with Crippen molar-refractivity contribution in [2.24, 2.45) is 9.98 Å². The first kappa shape index (κ1) is 43.2. The van der Waals surface area contributed by atoms with Crippen LogP contribution in [0.5, 0.6) is 0 Å². The molecule has 0 bridgehead atoms. The monoisotopic (exact) mass is 853 g/mol. The van der Waals surface area contributed by atoms with Crippen molar-refractivity contribution in [3.63, 3.8) is 0 Å². The van der Waals surface area contributed by atoms with Gasteiger partial charge >= 0.3 is 0 Å². The molecule has 1 aliphatic rings. The fourth-order valence-corrected chi connectivity index (χ4v) is 8.47. The molecule has 8 aromatic rings.